The summed E-state index contributed by atoms with van der Waals surface area (Å²) < 4.78 is 5.90. The Balaban J connectivity index is 1.79. The molecule has 2 aliphatic heterocycles. The molecule has 0 amide bonds. The largest absolute Gasteiger partial charge is 0.481 e. The SMILES string of the molecule is O=C(O)C1(C2CCOC3(CCC3)C2)CCNC1. The maximum absolute atomic E-state index is 11.7. The minimum Gasteiger partial charge on any atom is -0.481 e. The standard InChI is InChI=1S/C13H21NO3/c15-11(16)13(5-6-14-9-13)10-2-7-17-12(8-10)3-1-4-12/h10,14H,1-9H2,(H,15,16). The van der Waals surface area contributed by atoms with Crippen molar-refractivity contribution in [2.24, 2.45) is 11.3 Å². The van der Waals surface area contributed by atoms with Gasteiger partial charge in [0, 0.05) is 13.2 Å². The van der Waals surface area contributed by atoms with Gasteiger partial charge in [-0.25, -0.2) is 0 Å². The Morgan fingerprint density at radius 3 is 2.71 bits per heavy atom. The van der Waals surface area contributed by atoms with Crippen molar-refractivity contribution < 1.29 is 14.6 Å². The Bertz CT molecular complexity index is 319. The van der Waals surface area contributed by atoms with Gasteiger partial charge < -0.3 is 15.2 Å². The number of carboxylic acids is 1. The summed E-state index contributed by atoms with van der Waals surface area (Å²) in [6, 6.07) is 0. The molecular weight excluding hydrogens is 218 g/mol. The van der Waals surface area contributed by atoms with E-state index in [4.69, 9.17) is 4.74 Å². The normalized spacial score (nSPS) is 40.1. The number of carbonyl (C=O) groups is 1. The molecule has 3 aliphatic rings. The summed E-state index contributed by atoms with van der Waals surface area (Å²) in [5.74, 6) is -0.312. The molecule has 0 radical (unpaired) electrons. The zero-order chi connectivity index (χ0) is 11.9. The summed E-state index contributed by atoms with van der Waals surface area (Å²) in [5.41, 5.74) is -0.472. The van der Waals surface area contributed by atoms with Crippen LogP contribution in [0.3, 0.4) is 0 Å². The van der Waals surface area contributed by atoms with Crippen molar-refractivity contribution in [1.82, 2.24) is 5.32 Å². The highest BCUT2D eigenvalue weighted by molar-refractivity contribution is 5.76. The van der Waals surface area contributed by atoms with Crippen LogP contribution in [-0.2, 0) is 9.53 Å². The van der Waals surface area contributed by atoms with Crippen molar-refractivity contribution in [2.75, 3.05) is 19.7 Å². The summed E-state index contributed by atoms with van der Waals surface area (Å²) in [4.78, 5) is 11.7. The van der Waals surface area contributed by atoms with Gasteiger partial charge in [0.25, 0.3) is 0 Å². The molecule has 1 aliphatic carbocycles. The van der Waals surface area contributed by atoms with Gasteiger partial charge >= 0.3 is 5.97 Å². The van der Waals surface area contributed by atoms with Crippen LogP contribution in [0.25, 0.3) is 0 Å². The lowest BCUT2D eigenvalue weighted by Crippen LogP contribution is -2.52. The van der Waals surface area contributed by atoms with Crippen molar-refractivity contribution in [3.05, 3.63) is 0 Å². The lowest BCUT2D eigenvalue weighted by molar-refractivity contribution is -0.174. The van der Waals surface area contributed by atoms with Gasteiger partial charge in [-0.3, -0.25) is 4.79 Å². The lowest BCUT2D eigenvalue weighted by atomic mass is 9.63. The van der Waals surface area contributed by atoms with E-state index in [1.54, 1.807) is 0 Å². The van der Waals surface area contributed by atoms with Crippen LogP contribution in [0.1, 0.15) is 38.5 Å². The van der Waals surface area contributed by atoms with Crippen molar-refractivity contribution in [3.8, 4) is 0 Å². The molecule has 0 aromatic heterocycles. The van der Waals surface area contributed by atoms with Crippen LogP contribution in [0.5, 0.6) is 0 Å². The van der Waals surface area contributed by atoms with E-state index >= 15 is 0 Å². The van der Waals surface area contributed by atoms with Crippen molar-refractivity contribution in [1.29, 1.82) is 0 Å². The molecule has 1 saturated carbocycles. The molecule has 96 valence electrons. The summed E-state index contributed by atoms with van der Waals surface area (Å²) >= 11 is 0. The number of aliphatic carboxylic acids is 1. The van der Waals surface area contributed by atoms with E-state index in [-0.39, 0.29) is 5.60 Å². The van der Waals surface area contributed by atoms with Crippen molar-refractivity contribution in [3.63, 3.8) is 0 Å². The fraction of sp³-hybridized carbons (Fsp3) is 0.923. The highest BCUT2D eigenvalue weighted by atomic mass is 16.5. The fourth-order valence-corrected chi connectivity index (χ4v) is 3.84. The molecule has 4 heteroatoms. The molecular formula is C13H21NO3. The zero-order valence-electron chi connectivity index (χ0n) is 10.2. The summed E-state index contributed by atoms with van der Waals surface area (Å²) in [6.07, 6.45) is 6.16. The summed E-state index contributed by atoms with van der Waals surface area (Å²) in [5, 5.41) is 12.8. The van der Waals surface area contributed by atoms with Gasteiger partial charge in [0.15, 0.2) is 0 Å². The molecule has 3 fully saturated rings. The molecule has 2 atom stereocenters. The monoisotopic (exact) mass is 239 g/mol. The minimum atomic E-state index is -0.608. The maximum Gasteiger partial charge on any atom is 0.311 e. The first-order valence-corrected chi connectivity index (χ1v) is 6.75. The minimum absolute atomic E-state index is 0.0496. The smallest absolute Gasteiger partial charge is 0.311 e. The number of hydrogen-bond donors (Lipinski definition) is 2. The molecule has 2 N–H and O–H groups in total. The Hall–Kier alpha value is -0.610. The molecule has 0 aromatic rings. The van der Waals surface area contributed by atoms with E-state index in [1.165, 1.54) is 6.42 Å². The van der Waals surface area contributed by atoms with Crippen molar-refractivity contribution >= 4 is 5.97 Å². The average Bonchev–Trinajstić information content (AvgIpc) is 2.77. The number of hydrogen-bond acceptors (Lipinski definition) is 3. The first-order chi connectivity index (χ1) is 8.17. The Labute approximate surface area is 102 Å². The molecule has 3 rings (SSSR count). The Kier molecular flexibility index (Phi) is 2.67. The fourth-order valence-electron chi connectivity index (χ4n) is 3.84. The topological polar surface area (TPSA) is 58.6 Å². The Morgan fingerprint density at radius 2 is 2.18 bits per heavy atom. The molecule has 4 nitrogen and oxygen atoms in total. The van der Waals surface area contributed by atoms with Crippen molar-refractivity contribution in [2.45, 2.75) is 44.1 Å². The zero-order valence-corrected chi connectivity index (χ0v) is 10.2. The summed E-state index contributed by atoms with van der Waals surface area (Å²) in [7, 11) is 0. The van der Waals surface area contributed by atoms with E-state index in [1.807, 2.05) is 0 Å². The third-order valence-corrected chi connectivity index (χ3v) is 5.15. The van der Waals surface area contributed by atoms with Crippen LogP contribution in [0.4, 0.5) is 0 Å². The van der Waals surface area contributed by atoms with Gasteiger partial charge in [-0.1, -0.05) is 0 Å². The quantitative estimate of drug-likeness (QED) is 0.764. The number of rotatable bonds is 2. The van der Waals surface area contributed by atoms with E-state index in [0.717, 1.165) is 45.3 Å². The highest BCUT2D eigenvalue weighted by Crippen LogP contribution is 2.50. The molecule has 1 spiro atoms. The number of ether oxygens (including phenoxy) is 1. The second-order valence-corrected chi connectivity index (χ2v) is 5.96. The van der Waals surface area contributed by atoms with Crippen LogP contribution in [-0.4, -0.2) is 36.4 Å². The molecule has 2 heterocycles. The molecule has 0 bridgehead atoms. The van der Waals surface area contributed by atoms with Gasteiger partial charge in [-0.2, -0.15) is 0 Å². The third kappa shape index (κ3) is 1.69. The molecule has 17 heavy (non-hydrogen) atoms. The third-order valence-electron chi connectivity index (χ3n) is 5.15. The second-order valence-electron chi connectivity index (χ2n) is 5.96. The molecule has 2 unspecified atom stereocenters. The maximum atomic E-state index is 11.7. The summed E-state index contributed by atoms with van der Waals surface area (Å²) in [6.45, 7) is 2.24. The second kappa shape index (κ2) is 3.95. The molecule has 2 saturated heterocycles. The lowest BCUT2D eigenvalue weighted by Gasteiger charge is -2.50. The van der Waals surface area contributed by atoms with Crippen LogP contribution in [0.2, 0.25) is 0 Å². The highest BCUT2D eigenvalue weighted by Gasteiger charge is 2.53. The van der Waals surface area contributed by atoms with Gasteiger partial charge in [0.2, 0.25) is 0 Å². The van der Waals surface area contributed by atoms with Gasteiger partial charge in [-0.15, -0.1) is 0 Å². The van der Waals surface area contributed by atoms with E-state index < -0.39 is 11.4 Å². The average molecular weight is 239 g/mol. The van der Waals surface area contributed by atoms with Gasteiger partial charge in [-0.05, 0) is 51.0 Å². The van der Waals surface area contributed by atoms with Crippen LogP contribution >= 0.6 is 0 Å². The van der Waals surface area contributed by atoms with Crippen LogP contribution < -0.4 is 5.32 Å². The number of nitrogens with one attached hydrogen (secondary N) is 1. The van der Waals surface area contributed by atoms with Gasteiger partial charge in [0.05, 0.1) is 11.0 Å². The predicted molar refractivity (Wildman–Crippen MR) is 62.8 cm³/mol. The van der Waals surface area contributed by atoms with E-state index in [0.29, 0.717) is 12.5 Å². The number of carboxylic acid groups (broad SMARTS) is 1. The predicted octanol–water partition coefficient (Wildman–Crippen LogP) is 1.40. The van der Waals surface area contributed by atoms with Gasteiger partial charge in [0.1, 0.15) is 0 Å². The first kappa shape index (κ1) is 11.5. The van der Waals surface area contributed by atoms with Crippen LogP contribution in [0.15, 0.2) is 0 Å². The van der Waals surface area contributed by atoms with E-state index in [9.17, 15) is 9.90 Å². The van der Waals surface area contributed by atoms with E-state index in [2.05, 4.69) is 5.32 Å². The molecule has 0 aromatic carbocycles. The first-order valence-electron chi connectivity index (χ1n) is 6.75. The van der Waals surface area contributed by atoms with Crippen LogP contribution in [0, 0.1) is 11.3 Å². The Morgan fingerprint density at radius 1 is 1.35 bits per heavy atom.